The molecular weight excluding hydrogens is 274 g/mol. The summed E-state index contributed by atoms with van der Waals surface area (Å²) in [5.74, 6) is -3.18. The van der Waals surface area contributed by atoms with Crippen LogP contribution in [0.25, 0.3) is 0 Å². The number of nitrogens with one attached hydrogen (secondary N) is 1. The number of carbonyl (C=O) groups excluding carboxylic acids is 2. The first-order chi connectivity index (χ1) is 9.66. The second-order valence-corrected chi connectivity index (χ2v) is 5.89. The third-order valence-corrected chi connectivity index (χ3v) is 4.02. The van der Waals surface area contributed by atoms with Gasteiger partial charge in [0.25, 0.3) is 0 Å². The number of phenols is 1. The number of benzene rings is 1. The lowest BCUT2D eigenvalue weighted by Gasteiger charge is -2.08. The summed E-state index contributed by atoms with van der Waals surface area (Å²) in [5.41, 5.74) is -0.122. The molecule has 1 aliphatic carbocycles. The number of ketones is 1. The van der Waals surface area contributed by atoms with Gasteiger partial charge in [-0.3, -0.25) is 14.4 Å². The molecule has 0 heterocycles. The molecule has 1 amide bonds. The normalized spacial score (nSPS) is 22.4. The number of aliphatic carboxylic acids is 1. The number of carboxylic acid groups (broad SMARTS) is 1. The van der Waals surface area contributed by atoms with Crippen molar-refractivity contribution in [1.82, 2.24) is 0 Å². The van der Waals surface area contributed by atoms with Gasteiger partial charge in [-0.2, -0.15) is 0 Å². The van der Waals surface area contributed by atoms with Crippen LogP contribution in [0.15, 0.2) is 18.2 Å². The fraction of sp³-hybridized carbons (Fsp3) is 0.400. The maximum absolute atomic E-state index is 12.1. The second-order valence-electron chi connectivity index (χ2n) is 5.89. The van der Waals surface area contributed by atoms with Gasteiger partial charge in [-0.15, -0.1) is 0 Å². The van der Waals surface area contributed by atoms with E-state index in [9.17, 15) is 19.5 Å². The zero-order valence-corrected chi connectivity index (χ0v) is 12.0. The predicted octanol–water partition coefficient (Wildman–Crippen LogP) is 1.89. The van der Waals surface area contributed by atoms with Crippen LogP contribution in [0, 0.1) is 17.3 Å². The second kappa shape index (κ2) is 4.87. The van der Waals surface area contributed by atoms with Crippen LogP contribution in [0.4, 0.5) is 5.69 Å². The van der Waals surface area contributed by atoms with Gasteiger partial charge >= 0.3 is 5.97 Å². The monoisotopic (exact) mass is 291 g/mol. The first-order valence-electron chi connectivity index (χ1n) is 6.54. The highest BCUT2D eigenvalue weighted by Crippen LogP contribution is 2.58. The Balaban J connectivity index is 2.17. The van der Waals surface area contributed by atoms with E-state index in [-0.39, 0.29) is 17.1 Å². The summed E-state index contributed by atoms with van der Waals surface area (Å²) in [6.45, 7) is 4.77. The van der Waals surface area contributed by atoms with E-state index in [1.54, 1.807) is 13.8 Å². The Morgan fingerprint density at radius 2 is 1.81 bits per heavy atom. The van der Waals surface area contributed by atoms with E-state index in [0.717, 1.165) is 0 Å². The number of aromatic hydroxyl groups is 1. The number of hydrogen-bond acceptors (Lipinski definition) is 4. The van der Waals surface area contributed by atoms with Crippen LogP contribution in [0.5, 0.6) is 5.75 Å². The van der Waals surface area contributed by atoms with Gasteiger partial charge in [-0.25, -0.2) is 0 Å². The summed E-state index contributed by atoms with van der Waals surface area (Å²) in [4.78, 5) is 34.6. The molecular formula is C15H17NO5. The van der Waals surface area contributed by atoms with Crippen molar-refractivity contribution in [1.29, 1.82) is 0 Å². The summed E-state index contributed by atoms with van der Waals surface area (Å²) in [7, 11) is 0. The van der Waals surface area contributed by atoms with E-state index in [2.05, 4.69) is 5.32 Å². The van der Waals surface area contributed by atoms with Crippen molar-refractivity contribution in [2.75, 3.05) is 5.32 Å². The molecule has 2 rings (SSSR count). The molecule has 3 N–H and O–H groups in total. The Labute approximate surface area is 121 Å². The van der Waals surface area contributed by atoms with E-state index in [4.69, 9.17) is 5.11 Å². The maximum atomic E-state index is 12.1. The molecule has 1 fully saturated rings. The van der Waals surface area contributed by atoms with E-state index < -0.39 is 29.1 Å². The zero-order valence-electron chi connectivity index (χ0n) is 12.0. The largest absolute Gasteiger partial charge is 0.507 e. The minimum atomic E-state index is -0.990. The minimum Gasteiger partial charge on any atom is -0.507 e. The molecule has 0 spiro atoms. The Bertz CT molecular complexity index is 635. The molecule has 0 aromatic heterocycles. The lowest BCUT2D eigenvalue weighted by Crippen LogP contribution is -2.18. The van der Waals surface area contributed by atoms with Crippen molar-refractivity contribution < 1.29 is 24.6 Å². The predicted molar refractivity (Wildman–Crippen MR) is 75.1 cm³/mol. The van der Waals surface area contributed by atoms with Crippen molar-refractivity contribution in [3.63, 3.8) is 0 Å². The van der Waals surface area contributed by atoms with Gasteiger partial charge in [-0.1, -0.05) is 13.8 Å². The molecule has 1 aliphatic rings. The number of amides is 1. The van der Waals surface area contributed by atoms with Crippen LogP contribution in [-0.2, 0) is 9.59 Å². The van der Waals surface area contributed by atoms with E-state index in [1.807, 2.05) is 0 Å². The molecule has 1 saturated carbocycles. The summed E-state index contributed by atoms with van der Waals surface area (Å²) in [6, 6.07) is 4.16. The standard InChI is InChI=1S/C15H17NO5/c1-7(17)9-6-8(4-5-10(9)18)16-13(19)11-12(14(20)21)15(11,2)3/h4-6,11-12,18H,1-3H3,(H,16,19)(H,20,21)/t11-,12-/m0/s1. The van der Waals surface area contributed by atoms with Crippen LogP contribution in [0.3, 0.4) is 0 Å². The van der Waals surface area contributed by atoms with Crippen LogP contribution < -0.4 is 5.32 Å². The van der Waals surface area contributed by atoms with Gasteiger partial charge in [0.15, 0.2) is 5.78 Å². The average Bonchev–Trinajstić information content (AvgIpc) is 2.94. The summed E-state index contributed by atoms with van der Waals surface area (Å²) < 4.78 is 0. The number of phenolic OH excluding ortho intramolecular Hbond substituents is 1. The van der Waals surface area contributed by atoms with Crippen molar-refractivity contribution >= 4 is 23.3 Å². The minimum absolute atomic E-state index is 0.109. The lowest BCUT2D eigenvalue weighted by atomic mass is 10.1. The lowest BCUT2D eigenvalue weighted by molar-refractivity contribution is -0.140. The Kier molecular flexibility index (Phi) is 3.49. The van der Waals surface area contributed by atoms with Gasteiger partial charge in [0, 0.05) is 5.69 Å². The molecule has 0 aliphatic heterocycles. The fourth-order valence-electron chi connectivity index (χ4n) is 2.70. The molecule has 1 aromatic carbocycles. The zero-order chi connectivity index (χ0) is 15.9. The first-order valence-corrected chi connectivity index (χ1v) is 6.54. The van der Waals surface area contributed by atoms with Crippen LogP contribution in [0.1, 0.15) is 31.1 Å². The molecule has 6 nitrogen and oxygen atoms in total. The third-order valence-electron chi connectivity index (χ3n) is 4.02. The van der Waals surface area contributed by atoms with Gasteiger partial charge in [0.1, 0.15) is 5.75 Å². The molecule has 2 atom stereocenters. The Morgan fingerprint density at radius 1 is 1.19 bits per heavy atom. The van der Waals surface area contributed by atoms with Crippen LogP contribution in [0.2, 0.25) is 0 Å². The topological polar surface area (TPSA) is 104 Å². The highest BCUT2D eigenvalue weighted by atomic mass is 16.4. The number of anilines is 1. The number of hydrogen-bond donors (Lipinski definition) is 3. The third kappa shape index (κ3) is 2.61. The number of rotatable bonds is 4. The Morgan fingerprint density at radius 3 is 2.29 bits per heavy atom. The molecule has 21 heavy (non-hydrogen) atoms. The summed E-state index contributed by atoms with van der Waals surface area (Å²) in [5, 5.41) is 21.2. The average molecular weight is 291 g/mol. The summed E-state index contributed by atoms with van der Waals surface area (Å²) in [6.07, 6.45) is 0. The first kappa shape index (κ1) is 15.0. The highest BCUT2D eigenvalue weighted by molar-refractivity contribution is 6.02. The van der Waals surface area contributed by atoms with Crippen LogP contribution in [-0.4, -0.2) is 27.9 Å². The SMILES string of the molecule is CC(=O)c1cc(NC(=O)[C@@H]2[C@@H](C(=O)O)C2(C)C)ccc1O. The molecule has 0 saturated heterocycles. The van der Waals surface area contributed by atoms with Crippen molar-refractivity contribution in [3.05, 3.63) is 23.8 Å². The van der Waals surface area contributed by atoms with E-state index in [1.165, 1.54) is 25.1 Å². The van der Waals surface area contributed by atoms with Gasteiger partial charge in [0.2, 0.25) is 5.91 Å². The number of carbonyl (C=O) groups is 3. The molecule has 0 unspecified atom stereocenters. The maximum Gasteiger partial charge on any atom is 0.307 e. The quantitative estimate of drug-likeness (QED) is 0.580. The van der Waals surface area contributed by atoms with Crippen LogP contribution >= 0.6 is 0 Å². The number of carboxylic acids is 1. The smallest absolute Gasteiger partial charge is 0.307 e. The van der Waals surface area contributed by atoms with Gasteiger partial charge in [-0.05, 0) is 30.5 Å². The molecule has 0 bridgehead atoms. The molecule has 0 radical (unpaired) electrons. The van der Waals surface area contributed by atoms with E-state index in [0.29, 0.717) is 5.69 Å². The molecule has 6 heteroatoms. The van der Waals surface area contributed by atoms with Gasteiger partial charge < -0.3 is 15.5 Å². The van der Waals surface area contributed by atoms with Crippen molar-refractivity contribution in [3.8, 4) is 5.75 Å². The summed E-state index contributed by atoms with van der Waals surface area (Å²) >= 11 is 0. The number of Topliss-reactive ketones (excluding diaryl/α,β-unsaturated/α-hetero) is 1. The van der Waals surface area contributed by atoms with Crippen molar-refractivity contribution in [2.45, 2.75) is 20.8 Å². The van der Waals surface area contributed by atoms with Crippen molar-refractivity contribution in [2.24, 2.45) is 17.3 Å². The highest BCUT2D eigenvalue weighted by Gasteiger charge is 2.65. The fourth-order valence-corrected chi connectivity index (χ4v) is 2.70. The molecule has 1 aromatic rings. The van der Waals surface area contributed by atoms with E-state index >= 15 is 0 Å². The molecule has 112 valence electrons. The Hall–Kier alpha value is -2.37. The van der Waals surface area contributed by atoms with Gasteiger partial charge in [0.05, 0.1) is 17.4 Å².